The molecule has 19 heavy (non-hydrogen) atoms. The van der Waals surface area contributed by atoms with Gasteiger partial charge in [0, 0.05) is 44.0 Å². The third-order valence-corrected chi connectivity index (χ3v) is 4.04. The molecule has 1 unspecified atom stereocenters. The molecular weight excluding hydrogens is 238 g/mol. The van der Waals surface area contributed by atoms with E-state index in [0.29, 0.717) is 11.6 Å². The maximum atomic E-state index is 10.7. The quantitative estimate of drug-likeness (QED) is 0.778. The zero-order chi connectivity index (χ0) is 13.8. The minimum atomic E-state index is 0.652. The molecular formula is C15H23N3O. The number of nitrogens with zero attached hydrogens (tertiary/aromatic N) is 3. The summed E-state index contributed by atoms with van der Waals surface area (Å²) in [5.74, 6) is 1.02. The number of pyridine rings is 1. The van der Waals surface area contributed by atoms with Crippen molar-refractivity contribution in [2.24, 2.45) is 0 Å². The largest absolute Gasteiger partial charge is 0.354 e. The molecule has 0 spiro atoms. The first kappa shape index (κ1) is 14.0. The number of piperazine rings is 1. The molecule has 104 valence electrons. The van der Waals surface area contributed by atoms with Gasteiger partial charge in [0.15, 0.2) is 6.29 Å². The highest BCUT2D eigenvalue weighted by molar-refractivity contribution is 5.75. The fourth-order valence-electron chi connectivity index (χ4n) is 2.62. The molecule has 1 aromatic heterocycles. The zero-order valence-corrected chi connectivity index (χ0v) is 12.1. The lowest BCUT2D eigenvalue weighted by Gasteiger charge is -2.38. The van der Waals surface area contributed by atoms with Crippen molar-refractivity contribution in [1.82, 2.24) is 9.88 Å². The van der Waals surface area contributed by atoms with Crippen molar-refractivity contribution in [3.05, 3.63) is 23.4 Å². The van der Waals surface area contributed by atoms with E-state index in [9.17, 15) is 4.79 Å². The normalized spacial score (nSPS) is 18.4. The van der Waals surface area contributed by atoms with Gasteiger partial charge in [0.2, 0.25) is 0 Å². The van der Waals surface area contributed by atoms with E-state index in [1.807, 2.05) is 13.0 Å². The first-order chi connectivity index (χ1) is 9.15. The van der Waals surface area contributed by atoms with Crippen LogP contribution in [0.25, 0.3) is 0 Å². The van der Waals surface area contributed by atoms with Crippen LogP contribution in [0.4, 0.5) is 5.82 Å². The SMILES string of the molecule is CCC(C)N1CCN(c2ncc(C=O)cc2C)CC1. The molecule has 2 rings (SSSR count). The Kier molecular flexibility index (Phi) is 4.53. The molecule has 4 heteroatoms. The van der Waals surface area contributed by atoms with Gasteiger partial charge in [-0.15, -0.1) is 0 Å². The molecule has 1 saturated heterocycles. The Morgan fingerprint density at radius 3 is 2.58 bits per heavy atom. The maximum absolute atomic E-state index is 10.7. The molecule has 1 aliphatic rings. The van der Waals surface area contributed by atoms with Gasteiger partial charge >= 0.3 is 0 Å². The molecule has 0 saturated carbocycles. The molecule has 0 aromatic carbocycles. The number of rotatable bonds is 4. The summed E-state index contributed by atoms with van der Waals surface area (Å²) in [5.41, 5.74) is 1.74. The van der Waals surface area contributed by atoms with Crippen LogP contribution in [0.1, 0.15) is 36.2 Å². The van der Waals surface area contributed by atoms with Gasteiger partial charge in [0.1, 0.15) is 5.82 Å². The van der Waals surface area contributed by atoms with Gasteiger partial charge < -0.3 is 4.90 Å². The fourth-order valence-corrected chi connectivity index (χ4v) is 2.62. The summed E-state index contributed by atoms with van der Waals surface area (Å²) in [6, 6.07) is 2.57. The molecule has 2 heterocycles. The van der Waals surface area contributed by atoms with Crippen molar-refractivity contribution < 1.29 is 4.79 Å². The first-order valence-electron chi connectivity index (χ1n) is 7.06. The second-order valence-corrected chi connectivity index (χ2v) is 5.31. The second-order valence-electron chi connectivity index (χ2n) is 5.31. The minimum Gasteiger partial charge on any atom is -0.354 e. The average Bonchev–Trinajstić information content (AvgIpc) is 2.46. The highest BCUT2D eigenvalue weighted by Crippen LogP contribution is 2.20. The Labute approximate surface area is 115 Å². The molecule has 0 radical (unpaired) electrons. The number of hydrogen-bond acceptors (Lipinski definition) is 4. The monoisotopic (exact) mass is 261 g/mol. The van der Waals surface area contributed by atoms with Crippen molar-refractivity contribution in [2.45, 2.75) is 33.2 Å². The highest BCUT2D eigenvalue weighted by Gasteiger charge is 2.21. The number of carbonyl (C=O) groups is 1. The first-order valence-corrected chi connectivity index (χ1v) is 7.06. The average molecular weight is 261 g/mol. The molecule has 0 N–H and O–H groups in total. The van der Waals surface area contributed by atoms with Crippen molar-refractivity contribution in [1.29, 1.82) is 0 Å². The lowest BCUT2D eigenvalue weighted by Crippen LogP contribution is -2.49. The van der Waals surface area contributed by atoms with Crippen molar-refractivity contribution in [2.75, 3.05) is 31.1 Å². The van der Waals surface area contributed by atoms with Crippen LogP contribution >= 0.6 is 0 Å². The molecule has 0 amide bonds. The van der Waals surface area contributed by atoms with Crippen LogP contribution in [-0.2, 0) is 0 Å². The van der Waals surface area contributed by atoms with Gasteiger partial charge in [0.25, 0.3) is 0 Å². The van der Waals surface area contributed by atoms with E-state index < -0.39 is 0 Å². The van der Waals surface area contributed by atoms with Crippen molar-refractivity contribution in [3.63, 3.8) is 0 Å². The lowest BCUT2D eigenvalue weighted by atomic mass is 10.1. The molecule has 1 aromatic rings. The highest BCUT2D eigenvalue weighted by atomic mass is 16.1. The Morgan fingerprint density at radius 2 is 2.05 bits per heavy atom. The van der Waals surface area contributed by atoms with Crippen molar-refractivity contribution in [3.8, 4) is 0 Å². The van der Waals surface area contributed by atoms with Gasteiger partial charge in [-0.2, -0.15) is 0 Å². The smallest absolute Gasteiger partial charge is 0.151 e. The van der Waals surface area contributed by atoms with Crippen LogP contribution in [-0.4, -0.2) is 48.4 Å². The molecule has 0 bridgehead atoms. The topological polar surface area (TPSA) is 36.4 Å². The molecule has 1 fully saturated rings. The number of aryl methyl sites for hydroxylation is 1. The minimum absolute atomic E-state index is 0.652. The van der Waals surface area contributed by atoms with Crippen LogP contribution < -0.4 is 4.90 Å². The standard InChI is InChI=1S/C15H23N3O/c1-4-13(3)17-5-7-18(8-6-17)15-12(2)9-14(11-19)10-16-15/h9-11,13H,4-8H2,1-3H3. The van der Waals surface area contributed by atoms with Crippen molar-refractivity contribution >= 4 is 12.1 Å². The van der Waals surface area contributed by atoms with E-state index in [-0.39, 0.29) is 0 Å². The van der Waals surface area contributed by atoms with Gasteiger partial charge in [0.05, 0.1) is 0 Å². The van der Waals surface area contributed by atoms with Crippen LogP contribution in [0.5, 0.6) is 0 Å². The van der Waals surface area contributed by atoms with E-state index in [0.717, 1.165) is 43.8 Å². The summed E-state index contributed by atoms with van der Waals surface area (Å²) in [6.45, 7) is 10.8. The van der Waals surface area contributed by atoms with Crippen LogP contribution in [0.2, 0.25) is 0 Å². The molecule has 4 nitrogen and oxygen atoms in total. The Hall–Kier alpha value is -1.42. The second kappa shape index (κ2) is 6.15. The summed E-state index contributed by atoms with van der Waals surface area (Å²) < 4.78 is 0. The van der Waals surface area contributed by atoms with E-state index in [4.69, 9.17) is 0 Å². The zero-order valence-electron chi connectivity index (χ0n) is 12.1. The third kappa shape index (κ3) is 3.13. The molecule has 1 aliphatic heterocycles. The van der Waals surface area contributed by atoms with Crippen LogP contribution in [0.3, 0.4) is 0 Å². The summed E-state index contributed by atoms with van der Waals surface area (Å²) in [7, 11) is 0. The summed E-state index contributed by atoms with van der Waals surface area (Å²) in [5, 5.41) is 0. The van der Waals surface area contributed by atoms with Gasteiger partial charge in [-0.05, 0) is 31.9 Å². The number of carbonyl (C=O) groups excluding carboxylic acids is 1. The van der Waals surface area contributed by atoms with Gasteiger partial charge in [-0.3, -0.25) is 9.69 Å². The van der Waals surface area contributed by atoms with E-state index in [1.165, 1.54) is 6.42 Å². The van der Waals surface area contributed by atoms with Crippen LogP contribution in [0.15, 0.2) is 12.3 Å². The third-order valence-electron chi connectivity index (χ3n) is 4.04. The predicted octanol–water partition coefficient (Wildman–Crippen LogP) is 2.12. The maximum Gasteiger partial charge on any atom is 0.151 e. The van der Waals surface area contributed by atoms with Crippen LogP contribution in [0, 0.1) is 6.92 Å². The number of anilines is 1. The summed E-state index contributed by atoms with van der Waals surface area (Å²) >= 11 is 0. The predicted molar refractivity (Wildman–Crippen MR) is 77.9 cm³/mol. The summed E-state index contributed by atoms with van der Waals surface area (Å²) in [6.07, 6.45) is 3.71. The number of hydrogen-bond donors (Lipinski definition) is 0. The Balaban J connectivity index is 2.03. The molecule has 0 aliphatic carbocycles. The van der Waals surface area contributed by atoms with Gasteiger partial charge in [-0.25, -0.2) is 4.98 Å². The van der Waals surface area contributed by atoms with E-state index in [1.54, 1.807) is 6.20 Å². The summed E-state index contributed by atoms with van der Waals surface area (Å²) in [4.78, 5) is 20.0. The Bertz CT molecular complexity index is 439. The number of aldehydes is 1. The Morgan fingerprint density at radius 1 is 1.37 bits per heavy atom. The lowest BCUT2D eigenvalue weighted by molar-refractivity contribution is 0.112. The number of aromatic nitrogens is 1. The fraction of sp³-hybridized carbons (Fsp3) is 0.600. The van der Waals surface area contributed by atoms with E-state index in [2.05, 4.69) is 28.6 Å². The molecule has 1 atom stereocenters. The van der Waals surface area contributed by atoms with Gasteiger partial charge in [-0.1, -0.05) is 6.92 Å². The van der Waals surface area contributed by atoms with E-state index >= 15 is 0 Å².